The zero-order valence-corrected chi connectivity index (χ0v) is 13.4. The lowest BCUT2D eigenvalue weighted by Gasteiger charge is -2.09. The van der Waals surface area contributed by atoms with E-state index < -0.39 is 0 Å². The number of rotatable bonds is 3. The molecule has 0 nitrogen and oxygen atoms in total. The molecule has 0 spiro atoms. The molecule has 0 heterocycles. The van der Waals surface area contributed by atoms with Crippen molar-refractivity contribution >= 4 is 15.8 Å². The van der Waals surface area contributed by atoms with E-state index in [1.807, 2.05) is 0 Å². The van der Waals surface area contributed by atoms with Crippen LogP contribution in [0.15, 0.2) is 54.6 Å². The second-order valence-electron chi connectivity index (χ2n) is 4.76. The lowest BCUT2D eigenvalue weighted by Crippen LogP contribution is -1.89. The lowest BCUT2D eigenvalue weighted by atomic mass is 9.96. The molecule has 0 saturated heterocycles. The van der Waals surface area contributed by atoms with Gasteiger partial charge in [-0.3, -0.25) is 0 Å². The third-order valence-corrected chi connectivity index (χ3v) is 3.54. The summed E-state index contributed by atoms with van der Waals surface area (Å²) in [5, 5.41) is 0. The predicted molar refractivity (Wildman–Crippen MR) is 84.2 cm³/mol. The van der Waals surface area contributed by atoms with Crippen LogP contribution in [0.4, 0.5) is 0 Å². The Morgan fingerprint density at radius 2 is 1.22 bits per heavy atom. The fraction of sp³-hybridized carbons (Fsp3) is 0.176. The van der Waals surface area contributed by atoms with Gasteiger partial charge in [-0.15, -0.1) is 0 Å². The Balaban J connectivity index is 2.43. The molecule has 0 amide bonds. The minimum Gasteiger partial charge on any atom is -0.0796 e. The van der Waals surface area contributed by atoms with E-state index in [9.17, 15) is 0 Å². The van der Waals surface area contributed by atoms with Gasteiger partial charge in [0.25, 0.3) is 0 Å². The van der Waals surface area contributed by atoms with Gasteiger partial charge in [-0.05, 0) is 36.6 Å². The highest BCUT2D eigenvalue weighted by Gasteiger charge is 2.03. The maximum atomic E-state index is 2.36. The first-order valence-electron chi connectivity index (χ1n) is 6.55. The molecule has 2 aromatic carbocycles. The van der Waals surface area contributed by atoms with Gasteiger partial charge in [-0.1, -0.05) is 65.7 Å². The Hall–Kier alpha value is -1.60. The minimum atomic E-state index is 1.19. The Bertz CT molecular complexity index is 485. The highest BCUT2D eigenvalue weighted by atomic mass is 28.1. The normalized spacial score (nSPS) is 10.3. The molecule has 92 valence electrons. The van der Waals surface area contributed by atoms with Crippen molar-refractivity contribution in [2.24, 2.45) is 0 Å². The Morgan fingerprint density at radius 1 is 0.833 bits per heavy atom. The van der Waals surface area contributed by atoms with Crippen molar-refractivity contribution in [2.45, 2.75) is 19.9 Å². The van der Waals surface area contributed by atoms with Gasteiger partial charge in [0.15, 0.2) is 0 Å². The molecule has 0 unspecified atom stereocenters. The second kappa shape index (κ2) is 5.83. The molecule has 1 heteroatoms. The summed E-state index contributed by atoms with van der Waals surface area (Å²) in [6.07, 6.45) is 2.36. The highest BCUT2D eigenvalue weighted by molar-refractivity contribution is 6.10. The molecule has 18 heavy (non-hydrogen) atoms. The Kier molecular flexibility index (Phi) is 4.16. The molecule has 0 atom stereocenters. The summed E-state index contributed by atoms with van der Waals surface area (Å²) in [5.74, 6) is 0. The SMILES string of the molecule is Cc1ccc(C(=CC[SiH3])c2ccc(C)cc2)cc1. The molecule has 0 aliphatic rings. The van der Waals surface area contributed by atoms with E-state index in [2.05, 4.69) is 68.5 Å². The quantitative estimate of drug-likeness (QED) is 0.733. The lowest BCUT2D eigenvalue weighted by molar-refractivity contribution is 1.42. The van der Waals surface area contributed by atoms with E-state index in [0.29, 0.717) is 0 Å². The van der Waals surface area contributed by atoms with Crippen LogP contribution in [-0.2, 0) is 0 Å². The molecule has 0 N–H and O–H groups in total. The van der Waals surface area contributed by atoms with E-state index in [1.165, 1.54) is 44.1 Å². The van der Waals surface area contributed by atoms with Gasteiger partial charge < -0.3 is 0 Å². The largest absolute Gasteiger partial charge is 0.0796 e. The van der Waals surface area contributed by atoms with E-state index in [1.54, 1.807) is 0 Å². The van der Waals surface area contributed by atoms with E-state index >= 15 is 0 Å². The van der Waals surface area contributed by atoms with Crippen LogP contribution in [0.1, 0.15) is 22.3 Å². The first-order chi connectivity index (χ1) is 8.70. The third-order valence-electron chi connectivity index (χ3n) is 3.13. The molecule has 2 aromatic rings. The van der Waals surface area contributed by atoms with Crippen LogP contribution < -0.4 is 0 Å². The van der Waals surface area contributed by atoms with E-state index in [4.69, 9.17) is 0 Å². The van der Waals surface area contributed by atoms with Gasteiger partial charge in [-0.25, -0.2) is 0 Å². The zero-order chi connectivity index (χ0) is 13.0. The topological polar surface area (TPSA) is 0 Å². The van der Waals surface area contributed by atoms with Crippen LogP contribution in [-0.4, -0.2) is 10.2 Å². The molecule has 0 aliphatic carbocycles. The van der Waals surface area contributed by atoms with Crippen LogP contribution in [0.5, 0.6) is 0 Å². The van der Waals surface area contributed by atoms with Crippen molar-refractivity contribution in [3.8, 4) is 0 Å². The predicted octanol–water partition coefficient (Wildman–Crippen LogP) is 3.52. The molecule has 0 aromatic heterocycles. The van der Waals surface area contributed by atoms with Gasteiger partial charge in [0, 0.05) is 10.2 Å². The summed E-state index contributed by atoms with van der Waals surface area (Å²) in [6.45, 7) is 4.26. The van der Waals surface area contributed by atoms with Crippen LogP contribution in [0, 0.1) is 13.8 Å². The van der Waals surface area contributed by atoms with Crippen molar-refractivity contribution in [3.05, 3.63) is 76.9 Å². The molecule has 0 radical (unpaired) electrons. The van der Waals surface area contributed by atoms with E-state index in [0.717, 1.165) is 0 Å². The van der Waals surface area contributed by atoms with Gasteiger partial charge >= 0.3 is 0 Å². The van der Waals surface area contributed by atoms with Crippen molar-refractivity contribution in [3.63, 3.8) is 0 Å². The van der Waals surface area contributed by atoms with Crippen molar-refractivity contribution in [1.82, 2.24) is 0 Å². The van der Waals surface area contributed by atoms with Crippen LogP contribution >= 0.6 is 0 Å². The molecule has 2 rings (SSSR count). The summed E-state index contributed by atoms with van der Waals surface area (Å²) >= 11 is 0. The smallest absolute Gasteiger partial charge is 0.00759 e. The Labute approximate surface area is 113 Å². The van der Waals surface area contributed by atoms with E-state index in [-0.39, 0.29) is 0 Å². The van der Waals surface area contributed by atoms with Crippen LogP contribution in [0.25, 0.3) is 5.57 Å². The number of aryl methyl sites for hydroxylation is 2. The van der Waals surface area contributed by atoms with Gasteiger partial charge in [0.1, 0.15) is 0 Å². The molecule has 0 saturated carbocycles. The molecular weight excluding hydrogens is 232 g/mol. The van der Waals surface area contributed by atoms with Gasteiger partial charge in [0.2, 0.25) is 0 Å². The Morgan fingerprint density at radius 3 is 1.56 bits per heavy atom. The van der Waals surface area contributed by atoms with Crippen LogP contribution in [0.2, 0.25) is 6.04 Å². The van der Waals surface area contributed by atoms with Crippen LogP contribution in [0.3, 0.4) is 0 Å². The molecule has 0 fully saturated rings. The third kappa shape index (κ3) is 2.99. The standard InChI is InChI=1S/C17H20Si/c1-13-3-7-15(8-4-13)17(11-12-18)16-9-5-14(2)6-10-16/h3-11H,12H2,1-2,18H3. The molecule has 0 aliphatic heterocycles. The fourth-order valence-corrected chi connectivity index (χ4v) is 2.48. The number of allylic oxidation sites excluding steroid dienone is 1. The van der Waals surface area contributed by atoms with Crippen molar-refractivity contribution in [2.75, 3.05) is 0 Å². The zero-order valence-electron chi connectivity index (χ0n) is 11.4. The molecule has 0 bridgehead atoms. The molecular formula is C17H20Si. The average Bonchev–Trinajstić information content (AvgIpc) is 2.39. The average molecular weight is 252 g/mol. The fourth-order valence-electron chi connectivity index (χ4n) is 2.07. The summed E-state index contributed by atoms with van der Waals surface area (Å²) in [7, 11) is 1.21. The number of hydrogen-bond donors (Lipinski definition) is 0. The maximum absolute atomic E-state index is 2.36. The monoisotopic (exact) mass is 252 g/mol. The summed E-state index contributed by atoms with van der Waals surface area (Å²) in [6, 6.07) is 18.8. The summed E-state index contributed by atoms with van der Waals surface area (Å²) < 4.78 is 0. The minimum absolute atomic E-state index is 1.19. The van der Waals surface area contributed by atoms with Crippen molar-refractivity contribution < 1.29 is 0 Å². The highest BCUT2D eigenvalue weighted by Crippen LogP contribution is 2.24. The summed E-state index contributed by atoms with van der Waals surface area (Å²) in [5.41, 5.74) is 6.63. The second-order valence-corrected chi connectivity index (χ2v) is 5.57. The first kappa shape index (κ1) is 12.8. The number of hydrogen-bond acceptors (Lipinski definition) is 0. The first-order valence-corrected chi connectivity index (χ1v) is 7.96. The number of benzene rings is 2. The van der Waals surface area contributed by atoms with Gasteiger partial charge in [0.05, 0.1) is 0 Å². The summed E-state index contributed by atoms with van der Waals surface area (Å²) in [4.78, 5) is 0. The maximum Gasteiger partial charge on any atom is 0.00759 e. The van der Waals surface area contributed by atoms with Gasteiger partial charge in [-0.2, -0.15) is 0 Å². The van der Waals surface area contributed by atoms with Crippen molar-refractivity contribution in [1.29, 1.82) is 0 Å².